The van der Waals surface area contributed by atoms with Crippen LogP contribution in [0.3, 0.4) is 0 Å². The molecule has 18 heavy (non-hydrogen) atoms. The monoisotopic (exact) mass is 309 g/mol. The fraction of sp³-hybridized carbons (Fsp3) is 0.625. The molecule has 1 fully saturated rings. The molecule has 0 unspecified atom stereocenters. The van der Waals surface area contributed by atoms with Crippen LogP contribution in [0.25, 0.3) is 0 Å². The van der Waals surface area contributed by atoms with E-state index in [0.717, 1.165) is 16.8 Å². The van der Waals surface area contributed by atoms with E-state index < -0.39 is 0 Å². The van der Waals surface area contributed by atoms with E-state index in [4.69, 9.17) is 5.73 Å². The lowest BCUT2D eigenvalue weighted by Gasteiger charge is -2.37. The molecule has 100 valence electrons. The Hall–Kier alpha value is -0.340. The first kappa shape index (κ1) is 14.1. The highest BCUT2D eigenvalue weighted by atomic mass is 79.9. The summed E-state index contributed by atoms with van der Waals surface area (Å²) in [5.41, 5.74) is 7.99. The SMILES string of the molecule is CCCC1CCC(N)(Cc2ccc(Br)cc2)CC1. The molecule has 0 amide bonds. The molecule has 0 aliphatic heterocycles. The van der Waals surface area contributed by atoms with E-state index in [9.17, 15) is 0 Å². The average molecular weight is 310 g/mol. The predicted molar refractivity (Wildman–Crippen MR) is 81.6 cm³/mol. The van der Waals surface area contributed by atoms with Crippen molar-refractivity contribution in [3.63, 3.8) is 0 Å². The molecule has 1 saturated carbocycles. The smallest absolute Gasteiger partial charge is 0.0195 e. The van der Waals surface area contributed by atoms with Crippen LogP contribution in [0.15, 0.2) is 28.7 Å². The molecule has 0 spiro atoms. The molecule has 1 aromatic rings. The summed E-state index contributed by atoms with van der Waals surface area (Å²) in [7, 11) is 0. The largest absolute Gasteiger partial charge is 0.325 e. The van der Waals surface area contributed by atoms with Crippen LogP contribution in [0, 0.1) is 5.92 Å². The Kier molecular flexibility index (Phi) is 4.85. The number of halogens is 1. The highest BCUT2D eigenvalue weighted by Crippen LogP contribution is 2.35. The van der Waals surface area contributed by atoms with E-state index in [1.165, 1.54) is 44.1 Å². The summed E-state index contributed by atoms with van der Waals surface area (Å²) in [6, 6.07) is 8.61. The quantitative estimate of drug-likeness (QED) is 0.858. The van der Waals surface area contributed by atoms with E-state index in [1.807, 2.05) is 0 Å². The number of benzene rings is 1. The van der Waals surface area contributed by atoms with Crippen molar-refractivity contribution in [1.82, 2.24) is 0 Å². The number of rotatable bonds is 4. The maximum atomic E-state index is 6.58. The van der Waals surface area contributed by atoms with Crippen LogP contribution in [0.5, 0.6) is 0 Å². The van der Waals surface area contributed by atoms with Crippen molar-refractivity contribution in [3.05, 3.63) is 34.3 Å². The average Bonchev–Trinajstić information content (AvgIpc) is 2.36. The minimum atomic E-state index is 0.0398. The van der Waals surface area contributed by atoms with Crippen molar-refractivity contribution in [1.29, 1.82) is 0 Å². The van der Waals surface area contributed by atoms with Gasteiger partial charge in [-0.2, -0.15) is 0 Å². The third-order valence-electron chi connectivity index (χ3n) is 4.27. The van der Waals surface area contributed by atoms with Gasteiger partial charge in [0.1, 0.15) is 0 Å². The highest BCUT2D eigenvalue weighted by Gasteiger charge is 2.31. The lowest BCUT2D eigenvalue weighted by Crippen LogP contribution is -2.45. The first-order chi connectivity index (χ1) is 8.61. The minimum absolute atomic E-state index is 0.0398. The predicted octanol–water partition coefficient (Wildman–Crippen LogP) is 4.68. The Morgan fingerprint density at radius 3 is 2.39 bits per heavy atom. The third kappa shape index (κ3) is 3.83. The van der Waals surface area contributed by atoms with E-state index in [-0.39, 0.29) is 5.54 Å². The van der Waals surface area contributed by atoms with Gasteiger partial charge < -0.3 is 5.73 Å². The van der Waals surface area contributed by atoms with Gasteiger partial charge in [0.2, 0.25) is 0 Å². The number of nitrogens with two attached hydrogens (primary N) is 1. The van der Waals surface area contributed by atoms with Gasteiger partial charge in [-0.3, -0.25) is 0 Å². The molecule has 1 aromatic carbocycles. The van der Waals surface area contributed by atoms with Gasteiger partial charge in [0, 0.05) is 10.0 Å². The minimum Gasteiger partial charge on any atom is -0.325 e. The van der Waals surface area contributed by atoms with Gasteiger partial charge >= 0.3 is 0 Å². The Morgan fingerprint density at radius 2 is 1.83 bits per heavy atom. The normalized spacial score (nSPS) is 28.3. The molecular formula is C16H24BrN. The van der Waals surface area contributed by atoms with Crippen LogP contribution in [-0.2, 0) is 6.42 Å². The fourth-order valence-corrected chi connectivity index (χ4v) is 3.40. The second-order valence-corrected chi connectivity index (χ2v) is 6.81. The number of hydrogen-bond donors (Lipinski definition) is 1. The van der Waals surface area contributed by atoms with Crippen LogP contribution in [0.4, 0.5) is 0 Å². The molecule has 1 aliphatic carbocycles. The lowest BCUT2D eigenvalue weighted by molar-refractivity contribution is 0.223. The van der Waals surface area contributed by atoms with Gasteiger partial charge in [-0.15, -0.1) is 0 Å². The van der Waals surface area contributed by atoms with Gasteiger partial charge in [-0.1, -0.05) is 47.8 Å². The van der Waals surface area contributed by atoms with E-state index in [2.05, 4.69) is 47.1 Å². The molecule has 0 saturated heterocycles. The molecule has 2 rings (SSSR count). The van der Waals surface area contributed by atoms with Gasteiger partial charge in [0.05, 0.1) is 0 Å². The maximum absolute atomic E-state index is 6.58. The summed E-state index contributed by atoms with van der Waals surface area (Å²) in [6.07, 6.45) is 8.74. The molecule has 0 bridgehead atoms. The molecule has 2 N–H and O–H groups in total. The van der Waals surface area contributed by atoms with Crippen LogP contribution >= 0.6 is 15.9 Å². The summed E-state index contributed by atoms with van der Waals surface area (Å²) < 4.78 is 1.14. The van der Waals surface area contributed by atoms with Crippen molar-refractivity contribution in [3.8, 4) is 0 Å². The van der Waals surface area contributed by atoms with Crippen LogP contribution in [0.1, 0.15) is 51.0 Å². The van der Waals surface area contributed by atoms with Crippen molar-refractivity contribution >= 4 is 15.9 Å². The van der Waals surface area contributed by atoms with Gasteiger partial charge in [0.15, 0.2) is 0 Å². The molecular weight excluding hydrogens is 286 g/mol. The highest BCUT2D eigenvalue weighted by molar-refractivity contribution is 9.10. The molecule has 1 nitrogen and oxygen atoms in total. The van der Waals surface area contributed by atoms with E-state index in [1.54, 1.807) is 0 Å². The molecule has 2 heteroatoms. The van der Waals surface area contributed by atoms with Crippen molar-refractivity contribution < 1.29 is 0 Å². The first-order valence-electron chi connectivity index (χ1n) is 7.15. The summed E-state index contributed by atoms with van der Waals surface area (Å²) in [4.78, 5) is 0. The van der Waals surface area contributed by atoms with Crippen molar-refractivity contribution in [2.75, 3.05) is 0 Å². The summed E-state index contributed by atoms with van der Waals surface area (Å²) >= 11 is 3.48. The van der Waals surface area contributed by atoms with E-state index in [0.29, 0.717) is 0 Å². The zero-order chi connectivity index (χ0) is 13.0. The first-order valence-corrected chi connectivity index (χ1v) is 7.94. The third-order valence-corrected chi connectivity index (χ3v) is 4.80. The van der Waals surface area contributed by atoms with Crippen molar-refractivity contribution in [2.24, 2.45) is 11.7 Å². The fourth-order valence-electron chi connectivity index (χ4n) is 3.13. The molecule has 0 heterocycles. The van der Waals surface area contributed by atoms with Crippen LogP contribution in [0.2, 0.25) is 0 Å². The Bertz CT molecular complexity index is 363. The number of hydrogen-bond acceptors (Lipinski definition) is 1. The zero-order valence-electron chi connectivity index (χ0n) is 11.3. The Balaban J connectivity index is 1.91. The molecule has 0 atom stereocenters. The van der Waals surface area contributed by atoms with Crippen LogP contribution in [-0.4, -0.2) is 5.54 Å². The Labute approximate surface area is 119 Å². The van der Waals surface area contributed by atoms with Gasteiger partial charge in [0.25, 0.3) is 0 Å². The zero-order valence-corrected chi connectivity index (χ0v) is 12.9. The molecule has 0 radical (unpaired) electrons. The van der Waals surface area contributed by atoms with E-state index >= 15 is 0 Å². The second kappa shape index (κ2) is 6.21. The Morgan fingerprint density at radius 1 is 1.22 bits per heavy atom. The summed E-state index contributed by atoms with van der Waals surface area (Å²) in [6.45, 7) is 2.28. The molecule has 0 aromatic heterocycles. The lowest BCUT2D eigenvalue weighted by atomic mass is 9.73. The second-order valence-electron chi connectivity index (χ2n) is 5.90. The van der Waals surface area contributed by atoms with Gasteiger partial charge in [-0.25, -0.2) is 0 Å². The summed E-state index contributed by atoms with van der Waals surface area (Å²) in [5, 5.41) is 0. The van der Waals surface area contributed by atoms with Gasteiger partial charge in [-0.05, 0) is 55.7 Å². The van der Waals surface area contributed by atoms with Crippen molar-refractivity contribution in [2.45, 2.75) is 57.4 Å². The standard InChI is InChI=1S/C16H24BrN/c1-2-3-13-8-10-16(18,11-9-13)12-14-4-6-15(17)7-5-14/h4-7,13H,2-3,8-12,18H2,1H3. The topological polar surface area (TPSA) is 26.0 Å². The van der Waals surface area contributed by atoms with Crippen LogP contribution < -0.4 is 5.73 Å². The summed E-state index contributed by atoms with van der Waals surface area (Å²) in [5.74, 6) is 0.927. The molecule has 1 aliphatic rings. The maximum Gasteiger partial charge on any atom is 0.0195 e.